The Balaban J connectivity index is 1.49. The van der Waals surface area contributed by atoms with Crippen molar-refractivity contribution in [1.29, 1.82) is 0 Å². The lowest BCUT2D eigenvalue weighted by atomic mass is 10.2. The standard InChI is InChI=1S/C21H22N4O2S/c1-27-18-9-3-2-7-16(18)20-24-14-15(28-20)13-23-19-17(8-6-10-22-19)21(26)25-11-4-5-12-25/h2-3,6-10,14H,4-5,11-13H2,1H3,(H,22,23). The summed E-state index contributed by atoms with van der Waals surface area (Å²) >= 11 is 1.60. The number of aromatic nitrogens is 2. The van der Waals surface area contributed by atoms with Gasteiger partial charge in [0, 0.05) is 30.4 Å². The summed E-state index contributed by atoms with van der Waals surface area (Å²) in [5.74, 6) is 1.47. The highest BCUT2D eigenvalue weighted by molar-refractivity contribution is 7.15. The first-order valence-corrected chi connectivity index (χ1v) is 10.1. The zero-order chi connectivity index (χ0) is 19.3. The Labute approximate surface area is 168 Å². The highest BCUT2D eigenvalue weighted by Crippen LogP contribution is 2.32. The van der Waals surface area contributed by atoms with E-state index in [9.17, 15) is 4.79 Å². The minimum absolute atomic E-state index is 0.0483. The number of pyridine rings is 1. The number of nitrogens with zero attached hydrogens (tertiary/aromatic N) is 3. The van der Waals surface area contributed by atoms with Crippen molar-refractivity contribution in [2.24, 2.45) is 0 Å². The van der Waals surface area contributed by atoms with Crippen LogP contribution < -0.4 is 10.1 Å². The number of carbonyl (C=O) groups excluding carboxylic acids is 1. The molecule has 3 aromatic rings. The van der Waals surface area contributed by atoms with Crippen molar-refractivity contribution in [2.45, 2.75) is 19.4 Å². The quantitative estimate of drug-likeness (QED) is 0.683. The van der Waals surface area contributed by atoms with Gasteiger partial charge in [0.1, 0.15) is 16.6 Å². The van der Waals surface area contributed by atoms with Gasteiger partial charge < -0.3 is 15.0 Å². The van der Waals surface area contributed by atoms with Gasteiger partial charge >= 0.3 is 0 Å². The Kier molecular flexibility index (Phi) is 5.53. The van der Waals surface area contributed by atoms with Gasteiger partial charge in [-0.1, -0.05) is 12.1 Å². The van der Waals surface area contributed by atoms with Gasteiger partial charge in [-0.2, -0.15) is 0 Å². The Bertz CT molecular complexity index is 966. The molecular formula is C21H22N4O2S. The minimum Gasteiger partial charge on any atom is -0.496 e. The molecule has 28 heavy (non-hydrogen) atoms. The third-order valence-corrected chi connectivity index (χ3v) is 5.78. The molecule has 1 N–H and O–H groups in total. The first-order valence-electron chi connectivity index (χ1n) is 9.32. The third kappa shape index (κ3) is 3.84. The number of hydrogen-bond acceptors (Lipinski definition) is 6. The monoisotopic (exact) mass is 394 g/mol. The van der Waals surface area contributed by atoms with Crippen LogP contribution in [0.3, 0.4) is 0 Å². The fraction of sp³-hybridized carbons (Fsp3) is 0.286. The van der Waals surface area contributed by atoms with Gasteiger partial charge in [-0.25, -0.2) is 9.97 Å². The lowest BCUT2D eigenvalue weighted by Gasteiger charge is -2.17. The summed E-state index contributed by atoms with van der Waals surface area (Å²) in [7, 11) is 1.66. The maximum atomic E-state index is 12.8. The van der Waals surface area contributed by atoms with Crippen molar-refractivity contribution in [3.63, 3.8) is 0 Å². The fourth-order valence-electron chi connectivity index (χ4n) is 3.32. The third-order valence-electron chi connectivity index (χ3n) is 4.75. The Morgan fingerprint density at radius 3 is 2.82 bits per heavy atom. The maximum Gasteiger partial charge on any atom is 0.257 e. The lowest BCUT2D eigenvalue weighted by molar-refractivity contribution is 0.0793. The number of ether oxygens (including phenoxy) is 1. The van der Waals surface area contributed by atoms with Crippen LogP contribution in [0.1, 0.15) is 28.1 Å². The number of likely N-dealkylation sites (tertiary alicyclic amines) is 1. The molecule has 1 aromatic carbocycles. The number of rotatable bonds is 6. The van der Waals surface area contributed by atoms with Crippen LogP contribution in [0.25, 0.3) is 10.6 Å². The Hall–Kier alpha value is -2.93. The molecule has 0 bridgehead atoms. The SMILES string of the molecule is COc1ccccc1-c1ncc(CNc2ncccc2C(=O)N2CCCC2)s1. The van der Waals surface area contributed by atoms with Crippen LogP contribution in [0, 0.1) is 0 Å². The number of nitrogens with one attached hydrogen (secondary N) is 1. The van der Waals surface area contributed by atoms with Crippen molar-refractivity contribution >= 4 is 23.1 Å². The van der Waals surface area contributed by atoms with Gasteiger partial charge in [0.15, 0.2) is 0 Å². The van der Waals surface area contributed by atoms with Crippen LogP contribution >= 0.6 is 11.3 Å². The number of hydrogen-bond donors (Lipinski definition) is 1. The molecule has 0 aliphatic carbocycles. The first kappa shape index (κ1) is 18.4. The summed E-state index contributed by atoms with van der Waals surface area (Å²) in [5, 5.41) is 4.21. The predicted octanol–water partition coefficient (Wildman–Crippen LogP) is 4.06. The van der Waals surface area contributed by atoms with Crippen LogP contribution in [0.15, 0.2) is 48.8 Å². The zero-order valence-corrected chi connectivity index (χ0v) is 16.5. The molecule has 0 atom stereocenters. The second kappa shape index (κ2) is 8.39. The number of para-hydroxylation sites is 1. The van der Waals surface area contributed by atoms with Crippen molar-refractivity contribution in [3.05, 3.63) is 59.2 Å². The van der Waals surface area contributed by atoms with E-state index in [2.05, 4.69) is 15.3 Å². The van der Waals surface area contributed by atoms with E-state index in [0.29, 0.717) is 17.9 Å². The summed E-state index contributed by atoms with van der Waals surface area (Å²) in [6, 6.07) is 11.5. The number of anilines is 1. The number of methoxy groups -OCH3 is 1. The van der Waals surface area contributed by atoms with E-state index in [4.69, 9.17) is 4.74 Å². The summed E-state index contributed by atoms with van der Waals surface area (Å²) in [6.07, 6.45) is 5.70. The molecule has 1 amide bonds. The van der Waals surface area contributed by atoms with Crippen LogP contribution in [-0.2, 0) is 6.54 Å². The molecule has 7 heteroatoms. The summed E-state index contributed by atoms with van der Waals surface area (Å²) in [4.78, 5) is 24.6. The van der Waals surface area contributed by atoms with Gasteiger partial charge in [0.05, 0.1) is 24.8 Å². The number of carbonyl (C=O) groups is 1. The predicted molar refractivity (Wildman–Crippen MR) is 111 cm³/mol. The normalized spacial score (nSPS) is 13.5. The summed E-state index contributed by atoms with van der Waals surface area (Å²) < 4.78 is 5.43. The molecule has 0 unspecified atom stereocenters. The van der Waals surface area contributed by atoms with E-state index in [0.717, 1.165) is 47.1 Å². The van der Waals surface area contributed by atoms with E-state index >= 15 is 0 Å². The molecule has 6 nitrogen and oxygen atoms in total. The molecule has 144 valence electrons. The van der Waals surface area contributed by atoms with Gasteiger partial charge in [-0.05, 0) is 37.1 Å². The lowest BCUT2D eigenvalue weighted by Crippen LogP contribution is -2.28. The molecule has 1 aliphatic heterocycles. The number of benzene rings is 1. The second-order valence-electron chi connectivity index (χ2n) is 6.58. The van der Waals surface area contributed by atoms with Crippen molar-refractivity contribution in [3.8, 4) is 16.3 Å². The van der Waals surface area contributed by atoms with Crippen LogP contribution in [0.4, 0.5) is 5.82 Å². The Morgan fingerprint density at radius 2 is 2.00 bits per heavy atom. The van der Waals surface area contributed by atoms with E-state index in [1.807, 2.05) is 41.4 Å². The van der Waals surface area contributed by atoms with Crippen LogP contribution in [-0.4, -0.2) is 41.0 Å². The number of amides is 1. The molecule has 2 aromatic heterocycles. The first-order chi connectivity index (χ1) is 13.8. The largest absolute Gasteiger partial charge is 0.496 e. The van der Waals surface area contributed by atoms with Crippen molar-refractivity contribution in [1.82, 2.24) is 14.9 Å². The average molecular weight is 395 g/mol. The summed E-state index contributed by atoms with van der Waals surface area (Å²) in [6.45, 7) is 2.21. The van der Waals surface area contributed by atoms with Gasteiger partial charge in [0.25, 0.3) is 5.91 Å². The number of thiazole rings is 1. The van der Waals surface area contributed by atoms with Crippen molar-refractivity contribution in [2.75, 3.05) is 25.5 Å². The molecule has 1 aliphatic rings. The molecule has 3 heterocycles. The minimum atomic E-state index is 0.0483. The topological polar surface area (TPSA) is 67.3 Å². The zero-order valence-electron chi connectivity index (χ0n) is 15.7. The molecule has 1 fully saturated rings. The molecule has 1 saturated heterocycles. The Morgan fingerprint density at radius 1 is 1.18 bits per heavy atom. The van der Waals surface area contributed by atoms with Crippen LogP contribution in [0.2, 0.25) is 0 Å². The second-order valence-corrected chi connectivity index (χ2v) is 7.70. The van der Waals surface area contributed by atoms with E-state index in [-0.39, 0.29) is 5.91 Å². The van der Waals surface area contributed by atoms with E-state index in [1.165, 1.54) is 0 Å². The summed E-state index contributed by atoms with van der Waals surface area (Å²) in [5.41, 5.74) is 1.60. The highest BCUT2D eigenvalue weighted by atomic mass is 32.1. The average Bonchev–Trinajstić information content (AvgIpc) is 3.44. The smallest absolute Gasteiger partial charge is 0.257 e. The van der Waals surface area contributed by atoms with E-state index in [1.54, 1.807) is 30.7 Å². The molecular weight excluding hydrogens is 372 g/mol. The molecule has 0 saturated carbocycles. The molecule has 0 spiro atoms. The van der Waals surface area contributed by atoms with Crippen molar-refractivity contribution < 1.29 is 9.53 Å². The molecule has 0 radical (unpaired) electrons. The fourth-order valence-corrected chi connectivity index (χ4v) is 4.20. The maximum absolute atomic E-state index is 12.8. The van der Waals surface area contributed by atoms with Gasteiger partial charge in [-0.15, -0.1) is 11.3 Å². The van der Waals surface area contributed by atoms with Crippen LogP contribution in [0.5, 0.6) is 5.75 Å². The highest BCUT2D eigenvalue weighted by Gasteiger charge is 2.22. The van der Waals surface area contributed by atoms with Gasteiger partial charge in [-0.3, -0.25) is 4.79 Å². The van der Waals surface area contributed by atoms with Gasteiger partial charge in [0.2, 0.25) is 0 Å². The molecule has 4 rings (SSSR count). The van der Waals surface area contributed by atoms with E-state index < -0.39 is 0 Å².